The highest BCUT2D eigenvalue weighted by atomic mass is 32.1. The van der Waals surface area contributed by atoms with E-state index in [0.717, 1.165) is 13.7 Å². The van der Waals surface area contributed by atoms with E-state index < -0.39 is 17.1 Å². The molecule has 0 aromatic carbocycles. The Morgan fingerprint density at radius 2 is 1.65 bits per heavy atom. The van der Waals surface area contributed by atoms with Gasteiger partial charge in [-0.3, -0.25) is 0 Å². The maximum absolute atomic E-state index is 12.6. The van der Waals surface area contributed by atoms with Gasteiger partial charge in [-0.2, -0.15) is 0 Å². The van der Waals surface area contributed by atoms with Crippen LogP contribution in [-0.2, 0) is 19.6 Å². The minimum absolute atomic E-state index is 0.00377. The van der Waals surface area contributed by atoms with Crippen molar-refractivity contribution in [3.8, 4) is 10.8 Å². The molecule has 8 nitrogen and oxygen atoms in total. The summed E-state index contributed by atoms with van der Waals surface area (Å²) in [5, 5.41) is 2.38. The summed E-state index contributed by atoms with van der Waals surface area (Å²) in [5.74, 6) is 0.606. The number of nitrogens with zero attached hydrogens (tertiary/aromatic N) is 4. The fourth-order valence-corrected chi connectivity index (χ4v) is 3.22. The zero-order valence-corrected chi connectivity index (χ0v) is 14.6. The van der Waals surface area contributed by atoms with Gasteiger partial charge in [0.2, 0.25) is 0 Å². The second-order valence-corrected chi connectivity index (χ2v) is 6.21. The summed E-state index contributed by atoms with van der Waals surface area (Å²) >= 11 is 1.34. The van der Waals surface area contributed by atoms with Gasteiger partial charge in [-0.1, -0.05) is 12.2 Å². The number of hydrogen-bond acceptors (Lipinski definition) is 6. The predicted molar refractivity (Wildman–Crippen MR) is 98.5 cm³/mol. The smallest absolute Gasteiger partial charge is 0.336 e. The Bertz CT molecular complexity index is 1070. The molecule has 3 heterocycles. The first-order valence-electron chi connectivity index (χ1n) is 7.71. The summed E-state index contributed by atoms with van der Waals surface area (Å²) in [6.07, 6.45) is 4.39. The lowest BCUT2D eigenvalue weighted by Gasteiger charge is -2.11. The monoisotopic (exact) mass is 372 g/mol. The molecule has 0 radical (unpaired) electrons. The molecule has 3 aromatic heterocycles. The third-order valence-corrected chi connectivity index (χ3v) is 4.52. The van der Waals surface area contributed by atoms with Gasteiger partial charge in [-0.15, -0.1) is 24.5 Å². The minimum atomic E-state index is -0.701. The summed E-state index contributed by atoms with van der Waals surface area (Å²) in [6, 6.07) is 3.52. The van der Waals surface area contributed by atoms with Crippen molar-refractivity contribution in [3.63, 3.8) is 0 Å². The van der Waals surface area contributed by atoms with Gasteiger partial charge in [0.15, 0.2) is 10.8 Å². The molecule has 0 amide bonds. The van der Waals surface area contributed by atoms with Crippen LogP contribution in [0.1, 0.15) is 5.69 Å². The van der Waals surface area contributed by atoms with Crippen LogP contribution in [0.3, 0.4) is 0 Å². The normalized spacial score (nSPS) is 10.8. The van der Waals surface area contributed by atoms with Gasteiger partial charge in [0.25, 0.3) is 0 Å². The second-order valence-electron chi connectivity index (χ2n) is 5.35. The van der Waals surface area contributed by atoms with Crippen LogP contribution in [0.15, 0.2) is 67.9 Å². The molecule has 9 heteroatoms. The topological polar surface area (TPSA) is 92.0 Å². The van der Waals surface area contributed by atoms with Crippen LogP contribution in [0.5, 0.6) is 0 Å². The molecule has 0 aliphatic heterocycles. The molecule has 0 spiro atoms. The largest absolute Gasteiger partial charge is 0.462 e. The Morgan fingerprint density at radius 1 is 1.04 bits per heavy atom. The Kier molecular flexibility index (Phi) is 4.99. The van der Waals surface area contributed by atoms with Crippen molar-refractivity contribution >= 4 is 11.3 Å². The number of thiazole rings is 1. The van der Waals surface area contributed by atoms with Gasteiger partial charge in [0, 0.05) is 5.38 Å². The lowest BCUT2D eigenvalue weighted by atomic mass is 10.4. The van der Waals surface area contributed by atoms with Crippen molar-refractivity contribution in [2.24, 2.45) is 0 Å². The fraction of sp³-hybridized carbons (Fsp3) is 0.176. The molecule has 134 valence electrons. The predicted octanol–water partition coefficient (Wildman–Crippen LogP) is 1.31. The van der Waals surface area contributed by atoms with Gasteiger partial charge in [0.05, 0.1) is 31.6 Å². The zero-order valence-electron chi connectivity index (χ0n) is 13.8. The zero-order chi connectivity index (χ0) is 18.7. The molecular formula is C17H16N4O4S. The van der Waals surface area contributed by atoms with E-state index in [2.05, 4.69) is 18.1 Å². The van der Waals surface area contributed by atoms with E-state index in [9.17, 15) is 14.4 Å². The summed E-state index contributed by atoms with van der Waals surface area (Å²) < 4.78 is 8.19. The average Bonchev–Trinajstić information content (AvgIpc) is 3.30. The van der Waals surface area contributed by atoms with E-state index in [0.29, 0.717) is 16.5 Å². The first kappa shape index (κ1) is 17.6. The SMILES string of the molecule is C=CCn1c(=O)n(CC=C)c(=O)n(Cc2csc(-c3ccco3)n2)c1=O. The summed E-state index contributed by atoms with van der Waals surface area (Å²) in [5.41, 5.74) is -1.57. The molecule has 0 N–H and O–H groups in total. The third-order valence-electron chi connectivity index (χ3n) is 3.61. The standard InChI is InChI=1S/C17H16N4O4S/c1-3-7-19-15(22)20(8-4-2)17(24)21(16(19)23)10-12-11-26-14(18-12)13-6-5-9-25-13/h3-6,9,11H,1-2,7-8,10H2. The van der Waals surface area contributed by atoms with Crippen molar-refractivity contribution in [2.75, 3.05) is 0 Å². The van der Waals surface area contributed by atoms with E-state index in [1.165, 1.54) is 23.5 Å². The van der Waals surface area contributed by atoms with Crippen molar-refractivity contribution in [2.45, 2.75) is 19.6 Å². The quantitative estimate of drug-likeness (QED) is 0.583. The van der Waals surface area contributed by atoms with Gasteiger partial charge in [0.1, 0.15) is 0 Å². The second kappa shape index (κ2) is 7.36. The minimum Gasteiger partial charge on any atom is -0.462 e. The Labute approximate surface area is 151 Å². The third kappa shape index (κ3) is 3.16. The first-order chi connectivity index (χ1) is 12.6. The molecule has 0 atom stereocenters. The van der Waals surface area contributed by atoms with Gasteiger partial charge in [-0.25, -0.2) is 33.1 Å². The summed E-state index contributed by atoms with van der Waals surface area (Å²) in [4.78, 5) is 41.9. The van der Waals surface area contributed by atoms with E-state index in [-0.39, 0.29) is 19.6 Å². The molecule has 0 unspecified atom stereocenters. The molecule has 0 aliphatic rings. The van der Waals surface area contributed by atoms with Crippen LogP contribution in [0.2, 0.25) is 0 Å². The van der Waals surface area contributed by atoms with E-state index in [1.807, 2.05) is 0 Å². The van der Waals surface area contributed by atoms with Crippen LogP contribution >= 0.6 is 11.3 Å². The molecule has 0 fully saturated rings. The highest BCUT2D eigenvalue weighted by molar-refractivity contribution is 7.13. The van der Waals surface area contributed by atoms with Crippen molar-refractivity contribution in [3.05, 3.63) is 86.2 Å². The highest BCUT2D eigenvalue weighted by Crippen LogP contribution is 2.23. The Morgan fingerprint density at radius 3 is 2.19 bits per heavy atom. The van der Waals surface area contributed by atoms with E-state index >= 15 is 0 Å². The van der Waals surface area contributed by atoms with Gasteiger partial charge in [-0.05, 0) is 12.1 Å². The first-order valence-corrected chi connectivity index (χ1v) is 8.59. The summed E-state index contributed by atoms with van der Waals surface area (Å²) in [7, 11) is 0. The van der Waals surface area contributed by atoms with Crippen LogP contribution in [0, 0.1) is 0 Å². The van der Waals surface area contributed by atoms with Crippen molar-refractivity contribution in [1.29, 1.82) is 0 Å². The average molecular weight is 372 g/mol. The van der Waals surface area contributed by atoms with Gasteiger partial charge < -0.3 is 4.42 Å². The van der Waals surface area contributed by atoms with E-state index in [4.69, 9.17) is 4.42 Å². The Balaban J connectivity index is 2.08. The maximum Gasteiger partial charge on any atom is 0.336 e. The molecular weight excluding hydrogens is 356 g/mol. The number of hydrogen-bond donors (Lipinski definition) is 0. The maximum atomic E-state index is 12.6. The number of rotatable bonds is 7. The highest BCUT2D eigenvalue weighted by Gasteiger charge is 2.16. The molecule has 0 saturated carbocycles. The van der Waals surface area contributed by atoms with Crippen LogP contribution < -0.4 is 17.1 Å². The van der Waals surface area contributed by atoms with Crippen LogP contribution in [0.25, 0.3) is 10.8 Å². The molecule has 3 rings (SSSR count). The Hall–Kier alpha value is -3.20. The van der Waals surface area contributed by atoms with Gasteiger partial charge >= 0.3 is 17.1 Å². The van der Waals surface area contributed by atoms with E-state index in [1.54, 1.807) is 23.8 Å². The molecule has 0 saturated heterocycles. The molecule has 0 aliphatic carbocycles. The fourth-order valence-electron chi connectivity index (χ4n) is 2.44. The number of furan rings is 1. The summed E-state index contributed by atoms with van der Waals surface area (Å²) in [6.45, 7) is 7.05. The van der Waals surface area contributed by atoms with Crippen LogP contribution in [-0.4, -0.2) is 18.7 Å². The van der Waals surface area contributed by atoms with Crippen molar-refractivity contribution < 1.29 is 4.42 Å². The molecule has 0 bridgehead atoms. The van der Waals surface area contributed by atoms with Crippen LogP contribution in [0.4, 0.5) is 0 Å². The van der Waals surface area contributed by atoms with Crippen molar-refractivity contribution in [1.82, 2.24) is 18.7 Å². The molecule has 3 aromatic rings. The lowest BCUT2D eigenvalue weighted by Crippen LogP contribution is -2.54. The molecule has 26 heavy (non-hydrogen) atoms. The number of aromatic nitrogens is 4. The lowest BCUT2D eigenvalue weighted by molar-refractivity contribution is 0.496. The number of allylic oxidation sites excluding steroid dienone is 2.